The largest absolute Gasteiger partial charge is 0.468 e. The van der Waals surface area contributed by atoms with E-state index in [1.54, 1.807) is 0 Å². The summed E-state index contributed by atoms with van der Waals surface area (Å²) in [4.78, 5) is 38.9. The number of likely N-dealkylation sites (tertiary alicyclic amines) is 2. The summed E-state index contributed by atoms with van der Waals surface area (Å²) in [6, 6.07) is 4.63. The third-order valence-corrected chi connectivity index (χ3v) is 16.4. The van der Waals surface area contributed by atoms with Crippen molar-refractivity contribution in [1.29, 1.82) is 5.26 Å². The first-order valence-electron chi connectivity index (χ1n) is 21.2. The fourth-order valence-corrected chi connectivity index (χ4v) is 12.2. The quantitative estimate of drug-likeness (QED) is 0.260. The number of methoxy groups -OCH3 is 2. The second-order valence-corrected chi connectivity index (χ2v) is 20.8. The molecule has 328 valence electrons. The van der Waals surface area contributed by atoms with E-state index < -0.39 is 42.0 Å². The highest BCUT2D eigenvalue weighted by Crippen LogP contribution is 2.41. The molecule has 0 spiro atoms. The number of carbonyl (C=O) groups excluding carboxylic acids is 3. The monoisotopic (exact) mass is 869 g/mol. The summed E-state index contributed by atoms with van der Waals surface area (Å²) in [7, 11) is -4.29. The van der Waals surface area contributed by atoms with Crippen molar-refractivity contribution < 1.29 is 45.4 Å². The molecule has 2 aliphatic heterocycles. The van der Waals surface area contributed by atoms with Crippen LogP contribution in [0.4, 0.5) is 5.69 Å². The molecule has 4 aliphatic carbocycles. The molecule has 2 aromatic rings. The summed E-state index contributed by atoms with van der Waals surface area (Å²) in [5.41, 5.74) is 11.4. The molecule has 2 heterocycles. The number of hydrogen-bond acceptors (Lipinski definition) is 13. The molecule has 0 saturated carbocycles. The Bertz CT molecular complexity index is 2120. The molecule has 0 radical (unpaired) electrons. The summed E-state index contributed by atoms with van der Waals surface area (Å²) in [5, 5.41) is 15.7. The number of benzene rings is 2. The van der Waals surface area contributed by atoms with Gasteiger partial charge in [0.15, 0.2) is 9.84 Å². The molecule has 0 unspecified atom stereocenters. The number of fused-ring (bicyclic) bond motifs is 4. The van der Waals surface area contributed by atoms with E-state index in [0.717, 1.165) is 75.6 Å². The van der Waals surface area contributed by atoms with E-state index in [4.69, 9.17) is 15.1 Å². The van der Waals surface area contributed by atoms with Crippen molar-refractivity contribution in [1.82, 2.24) is 9.80 Å². The fourth-order valence-electron chi connectivity index (χ4n) is 9.69. The zero-order chi connectivity index (χ0) is 43.0. The minimum atomic E-state index is -3.54. The van der Waals surface area contributed by atoms with Gasteiger partial charge in [-0.05, 0) is 160 Å². The predicted octanol–water partition coefficient (Wildman–Crippen LogP) is 3.09. The normalized spacial score (nSPS) is 19.0. The maximum atomic E-state index is 12.9. The van der Waals surface area contributed by atoms with Gasteiger partial charge in [-0.3, -0.25) is 24.2 Å². The van der Waals surface area contributed by atoms with Gasteiger partial charge in [-0.1, -0.05) is 12.1 Å². The number of hydrogen-bond donors (Lipinski definition) is 2. The molecular formula is C43H59N5O10S2. The van der Waals surface area contributed by atoms with Gasteiger partial charge in [-0.2, -0.15) is 0 Å². The number of primary sulfonamides is 1. The van der Waals surface area contributed by atoms with E-state index in [2.05, 4.69) is 26.9 Å². The van der Waals surface area contributed by atoms with E-state index >= 15 is 0 Å². The Kier molecular flexibility index (Phi) is 15.3. The number of piperidine rings is 2. The number of nitrogens with two attached hydrogens (primary N) is 1. The summed E-state index contributed by atoms with van der Waals surface area (Å²) in [5.74, 6) is -0.628. The molecule has 2 saturated heterocycles. The number of ether oxygens (including phenoxy) is 3. The number of carbonyl (C=O) groups is 3. The van der Waals surface area contributed by atoms with Crippen LogP contribution >= 0.6 is 0 Å². The van der Waals surface area contributed by atoms with Crippen molar-refractivity contribution in [3.63, 3.8) is 0 Å². The lowest BCUT2D eigenvalue weighted by Gasteiger charge is -2.30. The topological polar surface area (TPSA) is 215 Å². The smallest absolute Gasteiger partial charge is 0.319 e. The van der Waals surface area contributed by atoms with Crippen LogP contribution < -0.4 is 15.2 Å². The Morgan fingerprint density at radius 1 is 0.683 bits per heavy atom. The summed E-state index contributed by atoms with van der Waals surface area (Å²) in [6.45, 7) is 2.55. The number of sulfonamides is 1. The molecule has 0 bridgehead atoms. The van der Waals surface area contributed by atoms with Gasteiger partial charge >= 0.3 is 11.9 Å². The number of sulfone groups is 1. The molecule has 60 heavy (non-hydrogen) atoms. The highest BCUT2D eigenvalue weighted by Gasteiger charge is 2.34. The van der Waals surface area contributed by atoms with Crippen molar-refractivity contribution in [2.45, 2.75) is 113 Å². The fraction of sp³-hybridized carbons (Fsp3) is 0.628. The number of nitrogens with one attached hydrogen (secondary N) is 1. The van der Waals surface area contributed by atoms with E-state index in [-0.39, 0.29) is 25.0 Å². The molecule has 3 N–H and O–H groups in total. The van der Waals surface area contributed by atoms with Crippen LogP contribution in [0.1, 0.15) is 95.9 Å². The van der Waals surface area contributed by atoms with Gasteiger partial charge in [0.2, 0.25) is 15.9 Å². The second-order valence-electron chi connectivity index (χ2n) is 16.7. The molecule has 2 aromatic carbocycles. The van der Waals surface area contributed by atoms with E-state index in [0.29, 0.717) is 51.9 Å². The number of aryl methyl sites for hydroxylation is 4. The zero-order valence-corrected chi connectivity index (χ0v) is 36.5. The lowest BCUT2D eigenvalue weighted by molar-refractivity contribution is -0.143. The first kappa shape index (κ1) is 45.4. The molecule has 15 nitrogen and oxygen atoms in total. The Balaban J connectivity index is 0.000000168. The van der Waals surface area contributed by atoms with Gasteiger partial charge in [-0.25, -0.2) is 22.0 Å². The van der Waals surface area contributed by atoms with Crippen molar-refractivity contribution in [3.8, 4) is 12.0 Å². The Morgan fingerprint density at radius 2 is 1.08 bits per heavy atom. The van der Waals surface area contributed by atoms with Crippen LogP contribution in [-0.4, -0.2) is 114 Å². The van der Waals surface area contributed by atoms with Crippen LogP contribution in [-0.2, 0) is 95.1 Å². The van der Waals surface area contributed by atoms with Crippen LogP contribution in [0.25, 0.3) is 0 Å². The highest BCUT2D eigenvalue weighted by molar-refractivity contribution is 7.92. The average molecular weight is 870 g/mol. The van der Waals surface area contributed by atoms with E-state index in [9.17, 15) is 31.2 Å². The number of amides is 1. The number of esters is 2. The number of nitriles is 1. The van der Waals surface area contributed by atoms with Gasteiger partial charge in [0.25, 0.3) is 6.26 Å². The van der Waals surface area contributed by atoms with Crippen molar-refractivity contribution in [3.05, 3.63) is 56.6 Å². The number of nitrogens with zero attached hydrogens (tertiary/aromatic N) is 3. The average Bonchev–Trinajstić information content (AvgIpc) is 4.06. The standard InChI is InChI=1S/C22H30N2O5S.C13H13NO.C8H16N2O4S/c1-29-21(26)13-24-10-8-17(9-11-24)30(27,28)14-20(25)23-22-18-6-2-4-15(18)12-16-5-3-7-19(16)22;14-8-15-13-11-5-1-3-9(11)7-10-4-2-6-12(10)13;1-14-8(11)6-10-4-2-7(3-5-10)15(9,12)13/h12,17H,2-11,13-14H2,1H3,(H,23,25);7H,1-6H2;7H,2-6H2,1H3,(H2,9,12,13). The predicted molar refractivity (Wildman–Crippen MR) is 226 cm³/mol. The third-order valence-electron chi connectivity index (χ3n) is 12.8. The Hall–Kier alpha value is -4.08. The first-order valence-corrected chi connectivity index (χ1v) is 24.5. The summed E-state index contributed by atoms with van der Waals surface area (Å²) >= 11 is 0. The van der Waals surface area contributed by atoms with Crippen LogP contribution in [0.15, 0.2) is 12.1 Å². The first-order chi connectivity index (χ1) is 28.7. The van der Waals surface area contributed by atoms with Crippen LogP contribution in [0, 0.1) is 11.5 Å². The van der Waals surface area contributed by atoms with Crippen molar-refractivity contribution >= 4 is 43.4 Å². The Labute approximate surface area is 354 Å². The van der Waals surface area contributed by atoms with Gasteiger partial charge in [0.05, 0.1) is 37.8 Å². The maximum Gasteiger partial charge on any atom is 0.319 e. The Morgan fingerprint density at radius 3 is 1.48 bits per heavy atom. The third kappa shape index (κ3) is 11.2. The van der Waals surface area contributed by atoms with Crippen LogP contribution in [0.5, 0.6) is 5.75 Å². The lowest BCUT2D eigenvalue weighted by atomic mass is 9.98. The van der Waals surface area contributed by atoms with Crippen molar-refractivity contribution in [2.24, 2.45) is 5.14 Å². The zero-order valence-electron chi connectivity index (χ0n) is 34.9. The molecular weight excluding hydrogens is 811 g/mol. The number of anilines is 1. The molecule has 0 atom stereocenters. The van der Waals surface area contributed by atoms with Gasteiger partial charge in [-0.15, -0.1) is 5.26 Å². The van der Waals surface area contributed by atoms with Gasteiger partial charge < -0.3 is 19.5 Å². The summed E-state index contributed by atoms with van der Waals surface area (Å²) < 4.78 is 62.2. The molecule has 6 aliphatic rings. The van der Waals surface area contributed by atoms with E-state index in [1.165, 1.54) is 71.6 Å². The SMILES string of the molecule is COC(=O)CN1CCC(S(=O)(=O)CC(=O)Nc2c3c(cc4c2CCC4)CCC3)CC1.COC(=O)CN1CCC(S(N)(=O)=O)CC1.N#COc1c2c(cc3c1CCC3)CCC2. The highest BCUT2D eigenvalue weighted by atomic mass is 32.2. The molecule has 0 aromatic heterocycles. The van der Waals surface area contributed by atoms with Crippen molar-refractivity contribution in [2.75, 3.05) is 64.6 Å². The molecule has 2 fully saturated rings. The minimum absolute atomic E-state index is 0.175. The maximum absolute atomic E-state index is 12.9. The molecule has 17 heteroatoms. The van der Waals surface area contributed by atoms with Gasteiger partial charge in [0.1, 0.15) is 11.5 Å². The minimum Gasteiger partial charge on any atom is -0.468 e. The molecule has 8 rings (SSSR count). The van der Waals surface area contributed by atoms with Crippen LogP contribution in [0.3, 0.4) is 0 Å². The number of rotatable bonds is 10. The molecule has 1 amide bonds. The van der Waals surface area contributed by atoms with Crippen LogP contribution in [0.2, 0.25) is 0 Å². The lowest BCUT2D eigenvalue weighted by Crippen LogP contribution is -2.43. The van der Waals surface area contributed by atoms with E-state index in [1.807, 2.05) is 16.1 Å². The summed E-state index contributed by atoms with van der Waals surface area (Å²) in [6.07, 6.45) is 16.7. The van der Waals surface area contributed by atoms with Gasteiger partial charge in [0, 0.05) is 18.8 Å². The second kappa shape index (κ2) is 20.2.